The molecule has 0 saturated heterocycles. The van der Waals surface area contributed by atoms with Gasteiger partial charge in [-0.3, -0.25) is 10.4 Å². The van der Waals surface area contributed by atoms with Crippen LogP contribution in [0.5, 0.6) is 0 Å². The van der Waals surface area contributed by atoms with Crippen LogP contribution in [0.1, 0.15) is 46.0 Å². The molecule has 0 aromatic rings. The lowest BCUT2D eigenvalue weighted by molar-refractivity contribution is 0.295. The first-order valence-corrected chi connectivity index (χ1v) is 7.83. The van der Waals surface area contributed by atoms with Gasteiger partial charge < -0.3 is 9.64 Å². The largest absolute Gasteiger partial charge is 0.477 e. The zero-order valence-corrected chi connectivity index (χ0v) is 13.2. The topological polar surface area (TPSA) is 48.7 Å². The van der Waals surface area contributed by atoms with Crippen molar-refractivity contribution in [3.05, 3.63) is 11.6 Å². The van der Waals surface area contributed by atoms with Crippen molar-refractivity contribution >= 4 is 11.6 Å². The maximum atomic E-state index is 8.12. The number of nitrogens with one attached hydrogen (secondary N) is 1. The normalized spacial score (nSPS) is 16.9. The van der Waals surface area contributed by atoms with Crippen molar-refractivity contribution in [2.45, 2.75) is 46.0 Å². The Kier molecular flexibility index (Phi) is 8.19. The molecule has 0 saturated carbocycles. The van der Waals surface area contributed by atoms with Crippen molar-refractivity contribution in [2.75, 3.05) is 33.3 Å². The maximum absolute atomic E-state index is 8.12. The fourth-order valence-electron chi connectivity index (χ4n) is 2.31. The van der Waals surface area contributed by atoms with E-state index in [4.69, 9.17) is 10.1 Å². The van der Waals surface area contributed by atoms with E-state index in [-0.39, 0.29) is 5.90 Å². The van der Waals surface area contributed by atoms with Gasteiger partial charge in [0.15, 0.2) is 0 Å². The number of likely N-dealkylation sites (N-methyl/N-ethyl adjacent to an activating group) is 1. The van der Waals surface area contributed by atoms with Crippen LogP contribution < -0.4 is 0 Å². The van der Waals surface area contributed by atoms with E-state index in [2.05, 4.69) is 29.9 Å². The van der Waals surface area contributed by atoms with Gasteiger partial charge in [0.05, 0.1) is 6.61 Å². The second-order valence-electron chi connectivity index (χ2n) is 5.32. The van der Waals surface area contributed by atoms with Crippen LogP contribution in [-0.2, 0) is 4.74 Å². The smallest absolute Gasteiger partial charge is 0.232 e. The van der Waals surface area contributed by atoms with Gasteiger partial charge in [-0.1, -0.05) is 32.3 Å². The highest BCUT2D eigenvalue weighted by molar-refractivity contribution is 6.44. The van der Waals surface area contributed by atoms with Crippen LogP contribution in [-0.4, -0.2) is 49.8 Å². The Hall–Kier alpha value is -1.16. The van der Waals surface area contributed by atoms with Crippen LogP contribution >= 0.6 is 0 Å². The Morgan fingerprint density at radius 3 is 2.80 bits per heavy atom. The molecule has 1 aliphatic rings. The number of hydrogen-bond donors (Lipinski definition) is 1. The van der Waals surface area contributed by atoms with Crippen LogP contribution in [0.25, 0.3) is 0 Å². The van der Waals surface area contributed by atoms with E-state index < -0.39 is 0 Å². The molecule has 0 fully saturated rings. The minimum Gasteiger partial charge on any atom is -0.477 e. The van der Waals surface area contributed by atoms with E-state index in [9.17, 15) is 0 Å². The third-order valence-corrected chi connectivity index (χ3v) is 3.42. The Morgan fingerprint density at radius 1 is 1.35 bits per heavy atom. The van der Waals surface area contributed by atoms with Crippen molar-refractivity contribution < 1.29 is 4.74 Å². The van der Waals surface area contributed by atoms with E-state index in [1.54, 1.807) is 0 Å². The highest BCUT2D eigenvalue weighted by Crippen LogP contribution is 2.11. The molecule has 0 spiro atoms. The predicted octanol–water partition coefficient (Wildman–Crippen LogP) is 3.28. The summed E-state index contributed by atoms with van der Waals surface area (Å²) in [5, 5.41) is 8.12. The Bertz CT molecular complexity index is 361. The lowest BCUT2D eigenvalue weighted by Gasteiger charge is -2.24. The molecule has 0 aliphatic carbocycles. The first-order valence-electron chi connectivity index (χ1n) is 7.83. The molecule has 0 radical (unpaired) electrons. The maximum Gasteiger partial charge on any atom is 0.232 e. The summed E-state index contributed by atoms with van der Waals surface area (Å²) >= 11 is 0. The van der Waals surface area contributed by atoms with Gasteiger partial charge >= 0.3 is 0 Å². The molecule has 4 heteroatoms. The molecule has 1 aliphatic heterocycles. The van der Waals surface area contributed by atoms with Crippen molar-refractivity contribution in [1.29, 1.82) is 5.41 Å². The summed E-state index contributed by atoms with van der Waals surface area (Å²) in [6, 6.07) is 0. The predicted molar refractivity (Wildman–Crippen MR) is 86.0 cm³/mol. The van der Waals surface area contributed by atoms with Crippen LogP contribution in [0, 0.1) is 5.41 Å². The fraction of sp³-hybridized carbons (Fsp3) is 0.750. The van der Waals surface area contributed by atoms with Crippen molar-refractivity contribution in [1.82, 2.24) is 4.90 Å². The average Bonchev–Trinajstić information content (AvgIpc) is 2.44. The fourth-order valence-corrected chi connectivity index (χ4v) is 2.31. The summed E-state index contributed by atoms with van der Waals surface area (Å²) in [7, 11) is 2.10. The van der Waals surface area contributed by atoms with Gasteiger partial charge in [-0.15, -0.1) is 0 Å². The van der Waals surface area contributed by atoms with E-state index in [1.807, 2.05) is 6.92 Å². The van der Waals surface area contributed by atoms with Crippen LogP contribution in [0.4, 0.5) is 0 Å². The number of unbranched alkanes of at least 4 members (excludes halogenated alkanes) is 3. The van der Waals surface area contributed by atoms with Gasteiger partial charge in [-0.05, 0) is 32.4 Å². The van der Waals surface area contributed by atoms with Gasteiger partial charge in [-0.25, -0.2) is 0 Å². The summed E-state index contributed by atoms with van der Waals surface area (Å²) < 4.78 is 5.58. The van der Waals surface area contributed by atoms with Crippen molar-refractivity contribution in [2.24, 2.45) is 4.99 Å². The van der Waals surface area contributed by atoms with E-state index in [0.717, 1.165) is 37.2 Å². The number of nitrogens with zero attached hydrogens (tertiary/aromatic N) is 2. The molecule has 20 heavy (non-hydrogen) atoms. The summed E-state index contributed by atoms with van der Waals surface area (Å²) in [4.78, 5) is 6.73. The molecule has 0 aromatic carbocycles. The molecule has 0 unspecified atom stereocenters. The molecule has 1 heterocycles. The summed E-state index contributed by atoms with van der Waals surface area (Å²) in [6.45, 7) is 7.46. The molecule has 114 valence electrons. The lowest BCUT2D eigenvalue weighted by atomic mass is 10.0. The molecule has 0 atom stereocenters. The van der Waals surface area contributed by atoms with E-state index in [0.29, 0.717) is 13.2 Å². The second kappa shape index (κ2) is 9.70. The number of rotatable bonds is 8. The lowest BCUT2D eigenvalue weighted by Crippen LogP contribution is -2.32. The minimum atomic E-state index is 0.241. The standard InChI is InChI=1S/C16H29N3O/c1-4-6-7-8-12-20-16(17)15(18-5-2)14-10-9-11-19(3)13-14/h10,17H,4-9,11-13H2,1-3H3. The first-order chi connectivity index (χ1) is 9.69. The summed E-state index contributed by atoms with van der Waals surface area (Å²) in [5.41, 5.74) is 1.88. The monoisotopic (exact) mass is 279 g/mol. The highest BCUT2D eigenvalue weighted by atomic mass is 16.5. The minimum absolute atomic E-state index is 0.241. The quantitative estimate of drug-likeness (QED) is 0.421. The average molecular weight is 279 g/mol. The van der Waals surface area contributed by atoms with E-state index in [1.165, 1.54) is 19.3 Å². The van der Waals surface area contributed by atoms with Gasteiger partial charge in [0.2, 0.25) is 5.90 Å². The van der Waals surface area contributed by atoms with Crippen LogP contribution in [0.15, 0.2) is 16.6 Å². The second-order valence-corrected chi connectivity index (χ2v) is 5.32. The summed E-state index contributed by atoms with van der Waals surface area (Å²) in [6.07, 6.45) is 7.88. The summed E-state index contributed by atoms with van der Waals surface area (Å²) in [5.74, 6) is 0.241. The Morgan fingerprint density at radius 2 is 2.15 bits per heavy atom. The van der Waals surface area contributed by atoms with Crippen LogP contribution in [0.3, 0.4) is 0 Å². The Balaban J connectivity index is 2.51. The number of ether oxygens (including phenoxy) is 1. The van der Waals surface area contributed by atoms with E-state index >= 15 is 0 Å². The van der Waals surface area contributed by atoms with Gasteiger partial charge in [0.25, 0.3) is 0 Å². The molecule has 1 N–H and O–H groups in total. The molecule has 0 bridgehead atoms. The van der Waals surface area contributed by atoms with Gasteiger partial charge in [0.1, 0.15) is 5.71 Å². The third kappa shape index (κ3) is 5.87. The molecular formula is C16H29N3O. The first kappa shape index (κ1) is 16.9. The molecule has 1 rings (SSSR count). The highest BCUT2D eigenvalue weighted by Gasteiger charge is 2.18. The third-order valence-electron chi connectivity index (χ3n) is 3.42. The number of aliphatic imine (C=N–C) groups is 1. The van der Waals surface area contributed by atoms with Gasteiger partial charge in [-0.2, -0.15) is 0 Å². The molecule has 0 aromatic heterocycles. The van der Waals surface area contributed by atoms with Crippen LogP contribution in [0.2, 0.25) is 0 Å². The molecular weight excluding hydrogens is 250 g/mol. The van der Waals surface area contributed by atoms with Crippen molar-refractivity contribution in [3.8, 4) is 0 Å². The van der Waals surface area contributed by atoms with Gasteiger partial charge in [0, 0.05) is 19.6 Å². The zero-order chi connectivity index (χ0) is 14.8. The Labute approximate surface area is 123 Å². The molecule has 0 amide bonds. The molecule has 4 nitrogen and oxygen atoms in total. The van der Waals surface area contributed by atoms with Crippen molar-refractivity contribution in [3.63, 3.8) is 0 Å². The zero-order valence-electron chi connectivity index (χ0n) is 13.2. The SMILES string of the molecule is CCCCCCOC(=N)C(=NCC)C1=CCCN(C)C1. The number of hydrogen-bond acceptors (Lipinski definition) is 4.